The highest BCUT2D eigenvalue weighted by molar-refractivity contribution is 7.98. The van der Waals surface area contributed by atoms with Crippen molar-refractivity contribution in [3.05, 3.63) is 88.6 Å². The van der Waals surface area contributed by atoms with Crippen LogP contribution in [0, 0.1) is 0 Å². The summed E-state index contributed by atoms with van der Waals surface area (Å²) in [6, 6.07) is 19.0. The monoisotopic (exact) mass is 378 g/mol. The maximum Gasteiger partial charge on any atom is 0.262 e. The lowest BCUT2D eigenvalue weighted by Crippen LogP contribution is -2.23. The number of nitrogens with zero attached hydrogens (tertiary/aromatic N) is 2. The predicted molar refractivity (Wildman–Crippen MR) is 106 cm³/mol. The van der Waals surface area contributed by atoms with Gasteiger partial charge in [-0.05, 0) is 42.0 Å². The molecule has 0 saturated carbocycles. The molecule has 4 rings (SSSR count). The van der Waals surface area contributed by atoms with Crippen LogP contribution in [0.2, 0.25) is 0 Å². The molecule has 0 spiro atoms. The molecule has 0 fully saturated rings. The molecule has 0 saturated heterocycles. The van der Waals surface area contributed by atoms with E-state index in [2.05, 4.69) is 0 Å². The lowest BCUT2D eigenvalue weighted by atomic mass is 10.2. The Labute approximate surface area is 160 Å². The quantitative estimate of drug-likeness (QED) is 0.369. The number of fused-ring (bicyclic) bond motifs is 1. The van der Waals surface area contributed by atoms with Crippen LogP contribution in [-0.4, -0.2) is 16.7 Å². The molecule has 0 unspecified atom stereocenters. The van der Waals surface area contributed by atoms with E-state index in [1.165, 1.54) is 11.8 Å². The molecule has 5 nitrogen and oxygen atoms in total. The van der Waals surface area contributed by atoms with Crippen LogP contribution < -0.4 is 10.3 Å². The third-order valence-electron chi connectivity index (χ3n) is 4.22. The summed E-state index contributed by atoms with van der Waals surface area (Å²) < 4.78 is 12.4. The van der Waals surface area contributed by atoms with E-state index in [9.17, 15) is 4.79 Å². The standard InChI is InChI=1S/C21H18N2O3S/c1-25-16-7-4-6-15(12-16)14-27-21-22-19-10-3-2-9-18(19)20(24)23(21)13-17-8-5-11-26-17/h2-12H,13-14H2,1H3. The van der Waals surface area contributed by atoms with Crippen LogP contribution in [0.3, 0.4) is 0 Å². The van der Waals surface area contributed by atoms with Gasteiger partial charge in [-0.15, -0.1) is 0 Å². The highest BCUT2D eigenvalue weighted by atomic mass is 32.2. The van der Waals surface area contributed by atoms with E-state index in [-0.39, 0.29) is 5.56 Å². The highest BCUT2D eigenvalue weighted by Gasteiger charge is 2.13. The molecule has 0 atom stereocenters. The largest absolute Gasteiger partial charge is 0.497 e. The third kappa shape index (κ3) is 3.75. The molecule has 0 amide bonds. The number of hydrogen-bond acceptors (Lipinski definition) is 5. The highest BCUT2D eigenvalue weighted by Crippen LogP contribution is 2.24. The average Bonchev–Trinajstić information content (AvgIpc) is 3.22. The summed E-state index contributed by atoms with van der Waals surface area (Å²) in [4.78, 5) is 17.8. The second kappa shape index (κ2) is 7.72. The zero-order valence-corrected chi connectivity index (χ0v) is 15.6. The van der Waals surface area contributed by atoms with Crippen LogP contribution in [-0.2, 0) is 12.3 Å². The Morgan fingerprint density at radius 2 is 2.00 bits per heavy atom. The Hall–Kier alpha value is -2.99. The molecular formula is C21H18N2O3S. The summed E-state index contributed by atoms with van der Waals surface area (Å²) in [5.41, 5.74) is 1.74. The SMILES string of the molecule is COc1cccc(CSc2nc3ccccc3c(=O)n2Cc2ccco2)c1. The molecular weight excluding hydrogens is 360 g/mol. The van der Waals surface area contributed by atoms with Gasteiger partial charge in [0.1, 0.15) is 11.5 Å². The lowest BCUT2D eigenvalue weighted by molar-refractivity contribution is 0.414. The topological polar surface area (TPSA) is 57.3 Å². The maximum atomic E-state index is 13.0. The van der Waals surface area contributed by atoms with E-state index in [1.54, 1.807) is 24.0 Å². The van der Waals surface area contributed by atoms with Crippen molar-refractivity contribution in [2.24, 2.45) is 0 Å². The summed E-state index contributed by atoms with van der Waals surface area (Å²) >= 11 is 1.52. The van der Waals surface area contributed by atoms with Gasteiger partial charge < -0.3 is 9.15 Å². The number of thioether (sulfide) groups is 1. The van der Waals surface area contributed by atoms with Gasteiger partial charge in [-0.25, -0.2) is 4.98 Å². The van der Waals surface area contributed by atoms with Crippen molar-refractivity contribution >= 4 is 22.7 Å². The van der Waals surface area contributed by atoms with Gasteiger partial charge >= 0.3 is 0 Å². The van der Waals surface area contributed by atoms with Crippen molar-refractivity contribution < 1.29 is 9.15 Å². The number of rotatable bonds is 6. The molecule has 0 aliphatic carbocycles. The van der Waals surface area contributed by atoms with E-state index in [0.29, 0.717) is 28.4 Å². The lowest BCUT2D eigenvalue weighted by Gasteiger charge is -2.12. The Morgan fingerprint density at radius 3 is 2.81 bits per heavy atom. The second-order valence-electron chi connectivity index (χ2n) is 6.02. The smallest absolute Gasteiger partial charge is 0.262 e. The molecule has 0 aliphatic rings. The van der Waals surface area contributed by atoms with Crippen molar-refractivity contribution in [2.45, 2.75) is 17.5 Å². The van der Waals surface area contributed by atoms with Crippen molar-refractivity contribution in [3.63, 3.8) is 0 Å². The average molecular weight is 378 g/mol. The molecule has 0 aliphatic heterocycles. The first-order valence-corrected chi connectivity index (χ1v) is 9.51. The minimum atomic E-state index is -0.0647. The van der Waals surface area contributed by atoms with Crippen LogP contribution in [0.25, 0.3) is 10.9 Å². The molecule has 0 radical (unpaired) electrons. The molecule has 2 aromatic carbocycles. The van der Waals surface area contributed by atoms with Crippen molar-refractivity contribution in [1.82, 2.24) is 9.55 Å². The van der Waals surface area contributed by atoms with E-state index in [1.807, 2.05) is 54.6 Å². The Balaban J connectivity index is 1.72. The number of hydrogen-bond donors (Lipinski definition) is 0. The van der Waals surface area contributed by atoms with Gasteiger partial charge in [0.2, 0.25) is 0 Å². The first-order valence-electron chi connectivity index (χ1n) is 8.52. The Bertz CT molecular complexity index is 1120. The fourth-order valence-corrected chi connectivity index (χ4v) is 3.81. The van der Waals surface area contributed by atoms with Crippen LogP contribution >= 0.6 is 11.8 Å². The number of furan rings is 1. The van der Waals surface area contributed by atoms with Crippen LogP contribution in [0.1, 0.15) is 11.3 Å². The van der Waals surface area contributed by atoms with Gasteiger partial charge in [-0.3, -0.25) is 9.36 Å². The zero-order valence-electron chi connectivity index (χ0n) is 14.8. The second-order valence-corrected chi connectivity index (χ2v) is 6.96. The molecule has 0 bridgehead atoms. The molecule has 27 heavy (non-hydrogen) atoms. The summed E-state index contributed by atoms with van der Waals surface area (Å²) in [7, 11) is 1.65. The van der Waals surface area contributed by atoms with Crippen LogP contribution in [0.15, 0.2) is 81.3 Å². The summed E-state index contributed by atoms with van der Waals surface area (Å²) in [5, 5.41) is 1.27. The zero-order chi connectivity index (χ0) is 18.6. The minimum absolute atomic E-state index is 0.0647. The van der Waals surface area contributed by atoms with Crippen molar-refractivity contribution in [3.8, 4) is 5.75 Å². The Kier molecular flexibility index (Phi) is 4.98. The summed E-state index contributed by atoms with van der Waals surface area (Å²) in [6.07, 6.45) is 1.61. The molecule has 2 aromatic heterocycles. The number of methoxy groups -OCH3 is 1. The predicted octanol–water partition coefficient (Wildman–Crippen LogP) is 4.34. The fourth-order valence-electron chi connectivity index (χ4n) is 2.87. The van der Waals surface area contributed by atoms with E-state index in [4.69, 9.17) is 14.1 Å². The van der Waals surface area contributed by atoms with E-state index < -0.39 is 0 Å². The minimum Gasteiger partial charge on any atom is -0.497 e. The van der Waals surface area contributed by atoms with Gasteiger partial charge in [-0.1, -0.05) is 36.0 Å². The van der Waals surface area contributed by atoms with Crippen LogP contribution in [0.4, 0.5) is 0 Å². The Morgan fingerprint density at radius 1 is 1.11 bits per heavy atom. The van der Waals surface area contributed by atoms with Gasteiger partial charge in [0.25, 0.3) is 5.56 Å². The summed E-state index contributed by atoms with van der Waals surface area (Å²) in [6.45, 7) is 0.351. The number of aromatic nitrogens is 2. The van der Waals surface area contributed by atoms with Gasteiger partial charge in [-0.2, -0.15) is 0 Å². The molecule has 4 aromatic rings. The number of benzene rings is 2. The maximum absolute atomic E-state index is 13.0. The molecule has 6 heteroatoms. The molecule has 2 heterocycles. The van der Waals surface area contributed by atoms with Crippen molar-refractivity contribution in [2.75, 3.05) is 7.11 Å². The van der Waals surface area contributed by atoms with Crippen molar-refractivity contribution in [1.29, 1.82) is 0 Å². The number of ether oxygens (including phenoxy) is 1. The fraction of sp³-hybridized carbons (Fsp3) is 0.143. The van der Waals surface area contributed by atoms with Crippen LogP contribution in [0.5, 0.6) is 5.75 Å². The van der Waals surface area contributed by atoms with E-state index in [0.717, 1.165) is 17.1 Å². The third-order valence-corrected chi connectivity index (χ3v) is 5.27. The first kappa shape index (κ1) is 17.4. The number of para-hydroxylation sites is 1. The first-order chi connectivity index (χ1) is 13.2. The summed E-state index contributed by atoms with van der Waals surface area (Å²) in [5.74, 6) is 2.21. The normalized spacial score (nSPS) is 11.0. The molecule has 136 valence electrons. The van der Waals surface area contributed by atoms with Gasteiger partial charge in [0.15, 0.2) is 5.16 Å². The van der Waals surface area contributed by atoms with E-state index >= 15 is 0 Å². The molecule has 0 N–H and O–H groups in total. The van der Waals surface area contributed by atoms with Gasteiger partial charge in [0, 0.05) is 5.75 Å². The van der Waals surface area contributed by atoms with Gasteiger partial charge in [0.05, 0.1) is 30.8 Å².